The zero-order valence-corrected chi connectivity index (χ0v) is 14.9. The van der Waals surface area contributed by atoms with Crippen LogP contribution >= 0.6 is 0 Å². The number of carboxylic acids is 1. The summed E-state index contributed by atoms with van der Waals surface area (Å²) in [5.74, 6) is -1.25. The van der Waals surface area contributed by atoms with E-state index in [9.17, 15) is 14.4 Å². The van der Waals surface area contributed by atoms with Gasteiger partial charge in [0.05, 0.1) is 12.4 Å². The minimum atomic E-state index is -1.25. The molecule has 0 saturated heterocycles. The number of anilines is 1. The summed E-state index contributed by atoms with van der Waals surface area (Å²) < 4.78 is 7.73. The molecule has 10 heteroatoms. The minimum absolute atomic E-state index is 0.209. The molecule has 0 bridgehead atoms. The molecule has 0 aliphatic rings. The number of nitrogens with zero attached hydrogens (tertiary/aromatic N) is 4. The third-order valence-corrected chi connectivity index (χ3v) is 3.71. The number of carbonyl (C=O) groups excluding carboxylic acids is 1. The number of ether oxygens (including phenoxy) is 1. The van der Waals surface area contributed by atoms with Gasteiger partial charge in [-0.3, -0.25) is 14.8 Å². The van der Waals surface area contributed by atoms with Crippen molar-refractivity contribution in [2.45, 2.75) is 6.42 Å². The first-order chi connectivity index (χ1) is 13.4. The van der Waals surface area contributed by atoms with Crippen molar-refractivity contribution in [3.8, 4) is 5.69 Å². The van der Waals surface area contributed by atoms with Crippen molar-refractivity contribution in [3.05, 3.63) is 70.4 Å². The van der Waals surface area contributed by atoms with Crippen LogP contribution in [0.3, 0.4) is 0 Å². The fourth-order valence-electron chi connectivity index (χ4n) is 2.47. The molecule has 3 rings (SSSR count). The topological polar surface area (TPSA) is 128 Å². The fourth-order valence-corrected chi connectivity index (χ4v) is 2.47. The van der Waals surface area contributed by atoms with E-state index < -0.39 is 18.7 Å². The first-order valence-corrected chi connectivity index (χ1v) is 8.23. The first kappa shape index (κ1) is 18.8. The van der Waals surface area contributed by atoms with Crippen molar-refractivity contribution < 1.29 is 19.4 Å². The number of aromatic nitrogens is 4. The van der Waals surface area contributed by atoms with Gasteiger partial charge in [0.1, 0.15) is 11.4 Å². The second-order valence-corrected chi connectivity index (χ2v) is 5.92. The van der Waals surface area contributed by atoms with Crippen LogP contribution in [0.4, 0.5) is 10.5 Å². The molecule has 0 unspecified atom stereocenters. The van der Waals surface area contributed by atoms with Crippen molar-refractivity contribution in [1.82, 2.24) is 19.6 Å². The molecular formula is C18H17N5O5. The van der Waals surface area contributed by atoms with Gasteiger partial charge in [0.15, 0.2) is 6.61 Å². The van der Waals surface area contributed by atoms with Gasteiger partial charge in [0.25, 0.3) is 0 Å². The molecule has 0 radical (unpaired) electrons. The second-order valence-electron chi connectivity index (χ2n) is 5.92. The summed E-state index contributed by atoms with van der Waals surface area (Å²) in [7, 11) is 1.78. The van der Waals surface area contributed by atoms with Gasteiger partial charge >= 0.3 is 12.1 Å². The lowest BCUT2D eigenvalue weighted by Crippen LogP contribution is -2.18. The number of rotatable bonds is 6. The summed E-state index contributed by atoms with van der Waals surface area (Å²) in [6.45, 7) is -0.729. The second kappa shape index (κ2) is 8.16. The van der Waals surface area contributed by atoms with Crippen LogP contribution in [0.1, 0.15) is 11.3 Å². The normalized spacial score (nSPS) is 10.5. The Kier molecular flexibility index (Phi) is 5.49. The summed E-state index contributed by atoms with van der Waals surface area (Å²) in [5, 5.41) is 19.4. The molecule has 10 nitrogen and oxygen atoms in total. The van der Waals surface area contributed by atoms with Gasteiger partial charge in [-0.1, -0.05) is 12.1 Å². The van der Waals surface area contributed by atoms with E-state index in [0.29, 0.717) is 11.4 Å². The molecule has 2 N–H and O–H groups in total. The molecular weight excluding hydrogens is 366 g/mol. The Bertz CT molecular complexity index is 1070. The number of amides is 1. The smallest absolute Gasteiger partial charge is 0.412 e. The highest BCUT2D eigenvalue weighted by atomic mass is 16.6. The van der Waals surface area contributed by atoms with Gasteiger partial charge in [0.2, 0.25) is 5.43 Å². The van der Waals surface area contributed by atoms with Crippen molar-refractivity contribution in [2.75, 3.05) is 11.9 Å². The quantitative estimate of drug-likeness (QED) is 0.654. The van der Waals surface area contributed by atoms with Crippen LogP contribution in [-0.2, 0) is 23.0 Å². The largest absolute Gasteiger partial charge is 0.479 e. The zero-order valence-electron chi connectivity index (χ0n) is 14.9. The van der Waals surface area contributed by atoms with Crippen LogP contribution < -0.4 is 10.7 Å². The van der Waals surface area contributed by atoms with E-state index >= 15 is 0 Å². The Morgan fingerprint density at radius 2 is 2.11 bits per heavy atom. The molecule has 1 aromatic carbocycles. The van der Waals surface area contributed by atoms with Crippen LogP contribution in [0, 0.1) is 0 Å². The average Bonchev–Trinajstić information content (AvgIpc) is 3.08. The van der Waals surface area contributed by atoms with E-state index in [-0.39, 0.29) is 11.8 Å². The van der Waals surface area contributed by atoms with E-state index in [4.69, 9.17) is 5.11 Å². The van der Waals surface area contributed by atoms with Crippen LogP contribution in [0.25, 0.3) is 5.69 Å². The monoisotopic (exact) mass is 383 g/mol. The molecule has 0 aliphatic heterocycles. The lowest BCUT2D eigenvalue weighted by atomic mass is 10.1. The molecule has 2 aromatic heterocycles. The Balaban J connectivity index is 1.76. The average molecular weight is 383 g/mol. The molecule has 0 aliphatic carbocycles. The molecule has 28 heavy (non-hydrogen) atoms. The van der Waals surface area contributed by atoms with E-state index in [1.165, 1.54) is 6.07 Å². The third kappa shape index (κ3) is 4.81. The summed E-state index contributed by atoms with van der Waals surface area (Å²) in [6.07, 6.45) is 4.35. The van der Waals surface area contributed by atoms with Crippen LogP contribution in [-0.4, -0.2) is 43.3 Å². The fraction of sp³-hybridized carbons (Fsp3) is 0.167. The van der Waals surface area contributed by atoms with Gasteiger partial charge in [-0.2, -0.15) is 10.2 Å². The highest BCUT2D eigenvalue weighted by Gasteiger charge is 2.09. The van der Waals surface area contributed by atoms with Crippen molar-refractivity contribution in [3.63, 3.8) is 0 Å². The SMILES string of the molecule is Cn1cc(-n2ccc(=O)c(Cc3cccc(NC(=O)OCC(=O)O)c3)n2)cn1. The summed E-state index contributed by atoms with van der Waals surface area (Å²) in [4.78, 5) is 34.2. The number of hydrogen-bond donors (Lipinski definition) is 2. The molecule has 1 amide bonds. The maximum absolute atomic E-state index is 12.2. The Hall–Kier alpha value is -3.95. The van der Waals surface area contributed by atoms with Gasteiger partial charge < -0.3 is 9.84 Å². The maximum Gasteiger partial charge on any atom is 0.412 e. The number of benzene rings is 1. The zero-order chi connectivity index (χ0) is 20.1. The van der Waals surface area contributed by atoms with Crippen LogP contribution in [0.15, 0.2) is 53.7 Å². The lowest BCUT2D eigenvalue weighted by Gasteiger charge is -2.08. The highest BCUT2D eigenvalue weighted by Crippen LogP contribution is 2.13. The standard InChI is InChI=1S/C18H17N5O5/c1-22-10-14(9-19-22)23-6-5-16(24)15(21-23)8-12-3-2-4-13(7-12)20-18(27)28-11-17(25)26/h2-7,9-10H,8,11H2,1H3,(H,20,27)(H,25,26). The number of carboxylic acid groups (broad SMARTS) is 1. The highest BCUT2D eigenvalue weighted by molar-refractivity contribution is 5.86. The van der Waals surface area contributed by atoms with Gasteiger partial charge in [0, 0.05) is 31.4 Å². The molecule has 144 valence electrons. The predicted molar refractivity (Wildman–Crippen MR) is 98.5 cm³/mol. The summed E-state index contributed by atoms with van der Waals surface area (Å²) >= 11 is 0. The molecule has 3 aromatic rings. The molecule has 0 atom stereocenters. The minimum Gasteiger partial charge on any atom is -0.479 e. The van der Waals surface area contributed by atoms with Crippen LogP contribution in [0.2, 0.25) is 0 Å². The van der Waals surface area contributed by atoms with Crippen LogP contribution in [0.5, 0.6) is 0 Å². The molecule has 0 spiro atoms. The third-order valence-electron chi connectivity index (χ3n) is 3.71. The molecule has 0 saturated carbocycles. The number of nitrogens with one attached hydrogen (secondary N) is 1. The maximum atomic E-state index is 12.2. The lowest BCUT2D eigenvalue weighted by molar-refractivity contribution is -0.140. The van der Waals surface area contributed by atoms with Crippen molar-refractivity contribution >= 4 is 17.7 Å². The molecule has 0 fully saturated rings. The number of hydrogen-bond acceptors (Lipinski definition) is 6. The Morgan fingerprint density at radius 3 is 2.82 bits per heavy atom. The Morgan fingerprint density at radius 1 is 1.29 bits per heavy atom. The first-order valence-electron chi connectivity index (χ1n) is 8.23. The van der Waals surface area contributed by atoms with E-state index in [1.807, 2.05) is 0 Å². The number of carbonyl (C=O) groups is 2. The number of aliphatic carboxylic acids is 1. The van der Waals surface area contributed by atoms with Crippen molar-refractivity contribution in [2.24, 2.45) is 7.05 Å². The van der Waals surface area contributed by atoms with Gasteiger partial charge in [-0.25, -0.2) is 14.3 Å². The van der Waals surface area contributed by atoms with E-state index in [0.717, 1.165) is 11.3 Å². The van der Waals surface area contributed by atoms with Crippen molar-refractivity contribution in [1.29, 1.82) is 0 Å². The van der Waals surface area contributed by atoms with E-state index in [1.54, 1.807) is 59.3 Å². The van der Waals surface area contributed by atoms with Gasteiger partial charge in [-0.15, -0.1) is 0 Å². The Labute approximate surface area is 159 Å². The summed E-state index contributed by atoms with van der Waals surface area (Å²) in [5.41, 5.74) is 2.00. The number of aryl methyl sites for hydroxylation is 1. The predicted octanol–water partition coefficient (Wildman–Crippen LogP) is 1.19. The summed E-state index contributed by atoms with van der Waals surface area (Å²) in [6, 6.07) is 8.20. The van der Waals surface area contributed by atoms with E-state index in [2.05, 4.69) is 20.3 Å². The van der Waals surface area contributed by atoms with Gasteiger partial charge in [-0.05, 0) is 17.7 Å². The molecule has 2 heterocycles.